The molecule has 0 N–H and O–H groups in total. The molecule has 1 aliphatic heterocycles. The lowest BCUT2D eigenvalue weighted by molar-refractivity contribution is -0.133. The van der Waals surface area contributed by atoms with Crippen LogP contribution in [0.2, 0.25) is 5.02 Å². The second-order valence-corrected chi connectivity index (χ2v) is 8.18. The Hall–Kier alpha value is -3.32. The summed E-state index contributed by atoms with van der Waals surface area (Å²) >= 11 is 5.88. The quantitative estimate of drug-likeness (QED) is 0.594. The van der Waals surface area contributed by atoms with Gasteiger partial charge in [0, 0.05) is 37.3 Å². The van der Waals surface area contributed by atoms with Gasteiger partial charge in [0.15, 0.2) is 6.61 Å². The first kappa shape index (κ1) is 21.9. The monoisotopic (exact) mass is 452 g/mol. The summed E-state index contributed by atoms with van der Waals surface area (Å²) in [5.41, 5.74) is 1.67. The zero-order valence-corrected chi connectivity index (χ0v) is 18.7. The Morgan fingerprint density at radius 3 is 2.47 bits per heavy atom. The van der Waals surface area contributed by atoms with Crippen LogP contribution in [0.3, 0.4) is 0 Å². The van der Waals surface area contributed by atoms with Gasteiger partial charge < -0.3 is 14.5 Å². The van der Waals surface area contributed by atoms with E-state index in [0.717, 1.165) is 30.0 Å². The molecule has 8 heteroatoms. The van der Waals surface area contributed by atoms with Crippen molar-refractivity contribution >= 4 is 23.3 Å². The lowest BCUT2D eigenvalue weighted by Crippen LogP contribution is -2.38. The molecule has 0 radical (unpaired) electrons. The Labute approximate surface area is 191 Å². The molecule has 4 rings (SSSR count). The molecule has 1 aromatic heterocycles. The molecule has 2 heterocycles. The number of aromatic nitrogens is 2. The van der Waals surface area contributed by atoms with Gasteiger partial charge >= 0.3 is 0 Å². The molecular formula is C24H25ClN4O3. The third-order valence-corrected chi connectivity index (χ3v) is 5.67. The number of ether oxygens (including phenoxy) is 1. The summed E-state index contributed by atoms with van der Waals surface area (Å²) in [6.45, 7) is 4.58. The van der Waals surface area contributed by atoms with E-state index in [-0.39, 0.29) is 18.1 Å². The maximum Gasteiger partial charge on any atom is 0.271 e. The summed E-state index contributed by atoms with van der Waals surface area (Å²) in [6, 6.07) is 17.9. The first-order valence-corrected chi connectivity index (χ1v) is 11.0. The zero-order chi connectivity index (χ0) is 22.5. The first-order chi connectivity index (χ1) is 15.5. The molecule has 0 spiro atoms. The van der Waals surface area contributed by atoms with Crippen molar-refractivity contribution in [2.75, 3.05) is 37.7 Å². The summed E-state index contributed by atoms with van der Waals surface area (Å²) < 4.78 is 7.02. The van der Waals surface area contributed by atoms with Crippen molar-refractivity contribution in [2.45, 2.75) is 13.3 Å². The van der Waals surface area contributed by atoms with Gasteiger partial charge in [-0.3, -0.25) is 9.59 Å². The lowest BCUT2D eigenvalue weighted by Gasteiger charge is -2.23. The molecular weight excluding hydrogens is 428 g/mol. The normalized spacial score (nSPS) is 14.2. The van der Waals surface area contributed by atoms with Crippen LogP contribution in [0.25, 0.3) is 5.69 Å². The van der Waals surface area contributed by atoms with Crippen LogP contribution in [0.1, 0.15) is 12.0 Å². The highest BCUT2D eigenvalue weighted by atomic mass is 35.5. The van der Waals surface area contributed by atoms with Gasteiger partial charge in [0.05, 0.1) is 5.69 Å². The predicted octanol–water partition coefficient (Wildman–Crippen LogP) is 3.31. The minimum absolute atomic E-state index is 0.0157. The maximum absolute atomic E-state index is 12.6. The smallest absolute Gasteiger partial charge is 0.271 e. The average Bonchev–Trinajstić information content (AvgIpc) is 3.06. The largest absolute Gasteiger partial charge is 0.484 e. The van der Waals surface area contributed by atoms with E-state index in [1.54, 1.807) is 30.3 Å². The van der Waals surface area contributed by atoms with Gasteiger partial charge in [0.1, 0.15) is 11.6 Å². The number of carbonyl (C=O) groups is 1. The highest BCUT2D eigenvalue weighted by Crippen LogP contribution is 2.17. The molecule has 2 aromatic carbocycles. The number of amides is 1. The van der Waals surface area contributed by atoms with Crippen molar-refractivity contribution in [2.24, 2.45) is 0 Å². The maximum atomic E-state index is 12.6. The van der Waals surface area contributed by atoms with E-state index in [0.29, 0.717) is 30.4 Å². The predicted molar refractivity (Wildman–Crippen MR) is 125 cm³/mol. The van der Waals surface area contributed by atoms with E-state index in [4.69, 9.17) is 16.3 Å². The topological polar surface area (TPSA) is 67.7 Å². The molecule has 3 aromatic rings. The molecule has 1 amide bonds. The van der Waals surface area contributed by atoms with Gasteiger partial charge in [-0.2, -0.15) is 4.68 Å². The molecule has 0 saturated carbocycles. The molecule has 0 unspecified atom stereocenters. The van der Waals surface area contributed by atoms with Crippen LogP contribution in [0.5, 0.6) is 5.75 Å². The fraction of sp³-hybridized carbons (Fsp3) is 0.292. The summed E-state index contributed by atoms with van der Waals surface area (Å²) in [7, 11) is 0. The average molecular weight is 453 g/mol. The van der Waals surface area contributed by atoms with Crippen LogP contribution in [0.4, 0.5) is 5.82 Å². The van der Waals surface area contributed by atoms with Crippen molar-refractivity contribution in [1.82, 2.24) is 14.7 Å². The summed E-state index contributed by atoms with van der Waals surface area (Å²) in [5.74, 6) is 1.28. The Morgan fingerprint density at radius 1 is 0.969 bits per heavy atom. The second-order valence-electron chi connectivity index (χ2n) is 7.74. The highest BCUT2D eigenvalue weighted by molar-refractivity contribution is 6.30. The molecule has 1 fully saturated rings. The number of aryl methyl sites for hydroxylation is 1. The molecule has 0 atom stereocenters. The standard InChI is InChI=1S/C24H25ClN4O3/c1-18-3-7-20(8-4-18)29-23(30)12-11-22(26-29)27-13-2-14-28(16-15-27)24(31)17-32-21-9-5-19(25)6-10-21/h3-12H,2,13-17H2,1H3. The van der Waals surface area contributed by atoms with Gasteiger partial charge in [0.2, 0.25) is 0 Å². The summed E-state index contributed by atoms with van der Waals surface area (Å²) in [6.07, 6.45) is 0.804. The SMILES string of the molecule is Cc1ccc(-n2nc(N3CCCN(C(=O)COc4ccc(Cl)cc4)CC3)ccc2=O)cc1. The lowest BCUT2D eigenvalue weighted by atomic mass is 10.2. The third-order valence-electron chi connectivity index (χ3n) is 5.41. The van der Waals surface area contributed by atoms with E-state index >= 15 is 0 Å². The molecule has 32 heavy (non-hydrogen) atoms. The van der Waals surface area contributed by atoms with Gasteiger partial charge in [-0.15, -0.1) is 5.10 Å². The highest BCUT2D eigenvalue weighted by Gasteiger charge is 2.21. The van der Waals surface area contributed by atoms with E-state index in [1.807, 2.05) is 36.1 Å². The van der Waals surface area contributed by atoms with Crippen molar-refractivity contribution in [3.63, 3.8) is 0 Å². The molecule has 7 nitrogen and oxygen atoms in total. The molecule has 0 bridgehead atoms. The van der Waals surface area contributed by atoms with Crippen molar-refractivity contribution < 1.29 is 9.53 Å². The fourth-order valence-corrected chi connectivity index (χ4v) is 3.73. The number of hydrogen-bond donors (Lipinski definition) is 0. The van der Waals surface area contributed by atoms with E-state index in [9.17, 15) is 9.59 Å². The van der Waals surface area contributed by atoms with Crippen LogP contribution in [-0.4, -0.2) is 53.4 Å². The van der Waals surface area contributed by atoms with Crippen LogP contribution in [0.15, 0.2) is 65.5 Å². The second kappa shape index (κ2) is 9.87. The third kappa shape index (κ3) is 5.29. The van der Waals surface area contributed by atoms with Gasteiger partial charge in [-0.1, -0.05) is 29.3 Å². The number of benzene rings is 2. The van der Waals surface area contributed by atoms with Crippen molar-refractivity contribution in [3.8, 4) is 11.4 Å². The summed E-state index contributed by atoms with van der Waals surface area (Å²) in [5, 5.41) is 5.21. The number of halogens is 1. The van der Waals surface area contributed by atoms with Gasteiger partial charge in [0.25, 0.3) is 11.5 Å². The molecule has 166 valence electrons. The number of nitrogens with zero attached hydrogens (tertiary/aromatic N) is 4. The number of carbonyl (C=O) groups excluding carboxylic acids is 1. The Morgan fingerprint density at radius 2 is 1.72 bits per heavy atom. The number of hydrogen-bond acceptors (Lipinski definition) is 5. The summed E-state index contributed by atoms with van der Waals surface area (Å²) in [4.78, 5) is 28.9. The fourth-order valence-electron chi connectivity index (χ4n) is 3.60. The molecule has 1 saturated heterocycles. The van der Waals surface area contributed by atoms with Gasteiger partial charge in [-0.05, 0) is 55.8 Å². The van der Waals surface area contributed by atoms with Crippen LogP contribution in [-0.2, 0) is 4.79 Å². The van der Waals surface area contributed by atoms with E-state index in [2.05, 4.69) is 10.00 Å². The number of anilines is 1. The van der Waals surface area contributed by atoms with Crippen LogP contribution >= 0.6 is 11.6 Å². The minimum atomic E-state index is -0.177. The van der Waals surface area contributed by atoms with E-state index in [1.165, 1.54) is 10.7 Å². The van der Waals surface area contributed by atoms with Crippen molar-refractivity contribution in [3.05, 3.63) is 81.6 Å². The van der Waals surface area contributed by atoms with Crippen molar-refractivity contribution in [1.29, 1.82) is 0 Å². The zero-order valence-electron chi connectivity index (χ0n) is 17.9. The first-order valence-electron chi connectivity index (χ1n) is 10.6. The molecule has 0 aliphatic carbocycles. The van der Waals surface area contributed by atoms with Gasteiger partial charge in [-0.25, -0.2) is 0 Å². The Kier molecular flexibility index (Phi) is 6.75. The molecule has 1 aliphatic rings. The van der Waals surface area contributed by atoms with Crippen LogP contribution in [0, 0.1) is 6.92 Å². The van der Waals surface area contributed by atoms with E-state index < -0.39 is 0 Å². The minimum Gasteiger partial charge on any atom is -0.484 e. The Balaban J connectivity index is 1.40. The van der Waals surface area contributed by atoms with Crippen LogP contribution < -0.4 is 15.2 Å². The Bertz CT molecular complexity index is 1130. The number of rotatable bonds is 5.